The molecule has 0 saturated carbocycles. The minimum Gasteiger partial charge on any atom is -0.509 e. The average Bonchev–Trinajstić information content (AvgIpc) is 3.86. The molecule has 0 amide bonds. The molecule has 282 valence electrons. The van der Waals surface area contributed by atoms with Crippen molar-refractivity contribution in [2.24, 2.45) is 0 Å². The van der Waals surface area contributed by atoms with Crippen molar-refractivity contribution in [2.75, 3.05) is 0 Å². The summed E-state index contributed by atoms with van der Waals surface area (Å²) in [5, 5.41) is 6.91. The molecule has 57 heavy (non-hydrogen) atoms. The summed E-state index contributed by atoms with van der Waals surface area (Å²) in [4.78, 5) is 4.98. The second kappa shape index (κ2) is 15.1. The van der Waals surface area contributed by atoms with E-state index in [9.17, 15) is 0 Å². The number of benzene rings is 6. The van der Waals surface area contributed by atoms with Crippen LogP contribution >= 0.6 is 0 Å². The molecule has 0 fully saturated rings. The zero-order chi connectivity index (χ0) is 38.4. The molecule has 0 spiro atoms. The summed E-state index contributed by atoms with van der Waals surface area (Å²) >= 11 is 0. The van der Waals surface area contributed by atoms with Crippen LogP contribution in [0.15, 0.2) is 164 Å². The van der Waals surface area contributed by atoms with Gasteiger partial charge in [-0.25, -0.2) is 4.98 Å². The summed E-state index contributed by atoms with van der Waals surface area (Å²) in [5.74, 6) is 1.97. The van der Waals surface area contributed by atoms with Gasteiger partial charge in [0.2, 0.25) is 0 Å². The molecule has 5 nitrogen and oxygen atoms in total. The first-order chi connectivity index (χ1) is 27.1. The first-order valence-corrected chi connectivity index (χ1v) is 19.1. The van der Waals surface area contributed by atoms with Gasteiger partial charge in [0.25, 0.3) is 0 Å². The molecule has 0 bridgehead atoms. The van der Waals surface area contributed by atoms with E-state index < -0.39 is 0 Å². The molecule has 6 heteroatoms. The number of ether oxygens (including phenoxy) is 1. The zero-order valence-corrected chi connectivity index (χ0v) is 34.9. The Morgan fingerprint density at radius 1 is 0.561 bits per heavy atom. The second-order valence-corrected chi connectivity index (χ2v) is 15.9. The fraction of sp³-hybridized carbons (Fsp3) is 0.137. The predicted octanol–water partition coefficient (Wildman–Crippen LogP) is 12.7. The van der Waals surface area contributed by atoms with Gasteiger partial charge in [-0.2, -0.15) is 11.2 Å². The number of aromatic nitrogens is 4. The maximum Gasteiger partial charge on any atom is 2.00 e. The number of nitrogens with zero attached hydrogens (tertiary/aromatic N) is 4. The van der Waals surface area contributed by atoms with Gasteiger partial charge in [-0.3, -0.25) is 4.68 Å². The second-order valence-electron chi connectivity index (χ2n) is 15.9. The topological polar surface area (TPSA) is 44.9 Å². The summed E-state index contributed by atoms with van der Waals surface area (Å²) in [6.45, 7) is 11.1. The van der Waals surface area contributed by atoms with Crippen molar-refractivity contribution in [3.63, 3.8) is 0 Å². The molecule has 0 saturated heterocycles. The first kappa shape index (κ1) is 37.9. The van der Waals surface area contributed by atoms with Gasteiger partial charge in [-0.05, 0) is 68.1 Å². The molecule has 9 aromatic rings. The van der Waals surface area contributed by atoms with Gasteiger partial charge in [0, 0.05) is 34.8 Å². The number of hydrogen-bond acceptors (Lipinski definition) is 3. The summed E-state index contributed by atoms with van der Waals surface area (Å²) in [7, 11) is 0. The third-order valence-electron chi connectivity index (χ3n) is 10.8. The Morgan fingerprint density at radius 2 is 1.25 bits per heavy atom. The van der Waals surface area contributed by atoms with E-state index in [1.165, 1.54) is 16.7 Å². The van der Waals surface area contributed by atoms with Crippen LogP contribution in [0.3, 0.4) is 0 Å². The third-order valence-corrected chi connectivity index (χ3v) is 10.8. The predicted molar refractivity (Wildman–Crippen MR) is 228 cm³/mol. The third kappa shape index (κ3) is 7.36. The van der Waals surface area contributed by atoms with Crippen LogP contribution in [-0.4, -0.2) is 19.3 Å². The number of rotatable bonds is 8. The normalized spacial score (nSPS) is 11.8. The molecule has 3 aromatic heterocycles. The monoisotopic (exact) mass is 921 g/mol. The van der Waals surface area contributed by atoms with E-state index in [1.54, 1.807) is 0 Å². The van der Waals surface area contributed by atoms with Crippen molar-refractivity contribution in [2.45, 2.75) is 45.4 Å². The van der Waals surface area contributed by atoms with E-state index in [0.717, 1.165) is 55.6 Å². The van der Waals surface area contributed by atoms with E-state index in [2.05, 4.69) is 167 Å². The molecule has 9 rings (SSSR count). The van der Waals surface area contributed by atoms with Gasteiger partial charge in [-0.1, -0.05) is 143 Å². The van der Waals surface area contributed by atoms with E-state index >= 15 is 0 Å². The van der Waals surface area contributed by atoms with Crippen LogP contribution in [0.2, 0.25) is 0 Å². The molecule has 0 radical (unpaired) electrons. The van der Waals surface area contributed by atoms with Gasteiger partial charge in [0.1, 0.15) is 5.82 Å². The van der Waals surface area contributed by atoms with Crippen LogP contribution in [0.4, 0.5) is 0 Å². The van der Waals surface area contributed by atoms with Gasteiger partial charge in [0.05, 0.1) is 6.20 Å². The molecule has 6 aromatic carbocycles. The van der Waals surface area contributed by atoms with Crippen molar-refractivity contribution in [3.05, 3.63) is 193 Å². The van der Waals surface area contributed by atoms with Crippen LogP contribution < -0.4 is 4.74 Å². The van der Waals surface area contributed by atoms with Crippen LogP contribution in [0, 0.1) is 12.1 Å². The molecular formula is C51H42N4OPt. The summed E-state index contributed by atoms with van der Waals surface area (Å²) < 4.78 is 10.8. The minimum atomic E-state index is -0.240. The van der Waals surface area contributed by atoms with Gasteiger partial charge in [0.15, 0.2) is 0 Å². The largest absolute Gasteiger partial charge is 2.00 e. The molecule has 0 aliphatic rings. The van der Waals surface area contributed by atoms with Crippen molar-refractivity contribution in [1.29, 1.82) is 0 Å². The zero-order valence-electron chi connectivity index (χ0n) is 32.6. The van der Waals surface area contributed by atoms with E-state index in [-0.39, 0.29) is 31.9 Å². The molecule has 0 unspecified atom stereocenters. The Hall–Kier alpha value is -6.03. The smallest absolute Gasteiger partial charge is 0.509 e. The van der Waals surface area contributed by atoms with Crippen LogP contribution in [-0.2, 0) is 31.9 Å². The standard InChI is InChI=1S/C51H42N4O.Pt/c1-50(2,3)41-33-53-54(34-41)42-27-38(36-17-11-7-12-18-36)28-44(31-42)56-43-22-23-45-46-29-37(35-15-9-6-10-16-35)21-24-47(46)55(48(45)32-43)49-30-40(25-26-52-49)51(4,5)39-19-13-8-14-20-39;/h6-30,33-34H,1-5H3;/q-2;+2. The molecule has 0 atom stereocenters. The van der Waals surface area contributed by atoms with E-state index in [1.807, 2.05) is 53.5 Å². The van der Waals surface area contributed by atoms with Crippen molar-refractivity contribution < 1.29 is 25.8 Å². The minimum absolute atomic E-state index is 0. The maximum absolute atomic E-state index is 6.71. The fourth-order valence-corrected chi connectivity index (χ4v) is 7.45. The molecule has 0 aliphatic carbocycles. The summed E-state index contributed by atoms with van der Waals surface area (Å²) in [6.07, 6.45) is 5.92. The Balaban J connectivity index is 0.00000455. The Labute approximate surface area is 348 Å². The average molecular weight is 922 g/mol. The van der Waals surface area contributed by atoms with Crippen LogP contribution in [0.1, 0.15) is 51.3 Å². The molecule has 3 heterocycles. The van der Waals surface area contributed by atoms with Crippen LogP contribution in [0.25, 0.3) is 55.6 Å². The summed E-state index contributed by atoms with van der Waals surface area (Å²) in [5.41, 5.74) is 10.4. The first-order valence-electron chi connectivity index (χ1n) is 19.1. The van der Waals surface area contributed by atoms with Gasteiger partial charge >= 0.3 is 21.1 Å². The Morgan fingerprint density at radius 3 is 1.93 bits per heavy atom. The Bertz CT molecular complexity index is 2830. The van der Waals surface area contributed by atoms with E-state index in [0.29, 0.717) is 11.5 Å². The van der Waals surface area contributed by atoms with Crippen molar-refractivity contribution >= 4 is 21.8 Å². The quantitative estimate of drug-likeness (QED) is 0.143. The molecule has 0 N–H and O–H groups in total. The van der Waals surface area contributed by atoms with Crippen LogP contribution in [0.5, 0.6) is 11.5 Å². The summed E-state index contributed by atoms with van der Waals surface area (Å²) in [6, 6.07) is 57.9. The van der Waals surface area contributed by atoms with Crippen molar-refractivity contribution in [3.8, 4) is 45.3 Å². The van der Waals surface area contributed by atoms with E-state index in [4.69, 9.17) is 14.8 Å². The SMILES string of the molecule is CC(C)(C)c1cnn(-c2[c-]c(Oc3[c-]c4c(cc3)c3cc(-c5ccccc5)ccc3n4-c3cc(C(C)(C)c4ccccc4)ccn3)cc(-c3ccccc3)c2)c1.[Pt+2]. The fourth-order valence-electron chi connectivity index (χ4n) is 7.45. The Kier molecular flexibility index (Phi) is 10.1. The van der Waals surface area contributed by atoms with Gasteiger partial charge < -0.3 is 9.30 Å². The molecular weight excluding hydrogens is 880 g/mol. The number of fused-ring (bicyclic) bond motifs is 3. The maximum atomic E-state index is 6.71. The van der Waals surface area contributed by atoms with Crippen molar-refractivity contribution in [1.82, 2.24) is 19.3 Å². The number of pyridine rings is 1. The van der Waals surface area contributed by atoms with Gasteiger partial charge in [-0.15, -0.1) is 41.3 Å². The molecule has 0 aliphatic heterocycles. The number of hydrogen-bond donors (Lipinski definition) is 0.